The van der Waals surface area contributed by atoms with E-state index in [-0.39, 0.29) is 11.9 Å². The van der Waals surface area contributed by atoms with Gasteiger partial charge in [0.1, 0.15) is 11.9 Å². The van der Waals surface area contributed by atoms with Crippen molar-refractivity contribution < 1.29 is 9.18 Å². The fraction of sp³-hybridized carbons (Fsp3) is 0.462. The normalized spacial score (nSPS) is 18.7. The van der Waals surface area contributed by atoms with Crippen LogP contribution < -0.4 is 11.1 Å². The predicted octanol–water partition coefficient (Wildman–Crippen LogP) is 1.74. The quantitative estimate of drug-likeness (QED) is 0.818. The van der Waals surface area contributed by atoms with Crippen LogP contribution in [0.25, 0.3) is 0 Å². The van der Waals surface area contributed by atoms with E-state index in [1.807, 2.05) is 0 Å². The molecule has 0 aromatic heterocycles. The van der Waals surface area contributed by atoms with E-state index in [1.165, 1.54) is 25.0 Å². The van der Waals surface area contributed by atoms with Crippen LogP contribution in [0.3, 0.4) is 0 Å². The average molecular weight is 236 g/mol. The van der Waals surface area contributed by atoms with Crippen molar-refractivity contribution in [1.82, 2.24) is 5.32 Å². The van der Waals surface area contributed by atoms with Gasteiger partial charge in [-0.3, -0.25) is 10.1 Å². The third-order valence-corrected chi connectivity index (χ3v) is 3.25. The fourth-order valence-electron chi connectivity index (χ4n) is 1.99. The summed E-state index contributed by atoms with van der Waals surface area (Å²) in [7, 11) is 0. The summed E-state index contributed by atoms with van der Waals surface area (Å²) in [4.78, 5) is 11.4. The molecule has 1 aromatic rings. The molecule has 1 aromatic carbocycles. The molecule has 2 atom stereocenters. The van der Waals surface area contributed by atoms with Gasteiger partial charge in [-0.05, 0) is 43.4 Å². The Morgan fingerprint density at radius 3 is 2.47 bits per heavy atom. The zero-order valence-electron chi connectivity index (χ0n) is 9.82. The zero-order chi connectivity index (χ0) is 12.4. The topological polar surface area (TPSA) is 55.1 Å². The van der Waals surface area contributed by atoms with Crippen molar-refractivity contribution in [2.24, 2.45) is 11.7 Å². The number of carbonyl (C=O) groups is 1. The van der Waals surface area contributed by atoms with E-state index in [0.717, 1.165) is 0 Å². The maximum Gasteiger partial charge on any atom is 0.239 e. The Hall–Kier alpha value is -1.42. The van der Waals surface area contributed by atoms with Gasteiger partial charge in [0.2, 0.25) is 5.91 Å². The zero-order valence-corrected chi connectivity index (χ0v) is 9.82. The molecular weight excluding hydrogens is 219 g/mol. The number of carbonyl (C=O) groups excluding carboxylic acids is 1. The van der Waals surface area contributed by atoms with Crippen LogP contribution >= 0.6 is 0 Å². The summed E-state index contributed by atoms with van der Waals surface area (Å²) in [6, 6.07) is 5.60. The summed E-state index contributed by atoms with van der Waals surface area (Å²) in [5.74, 6) is -0.103. The predicted molar refractivity (Wildman–Crippen MR) is 63.7 cm³/mol. The number of hydrogen-bond acceptors (Lipinski definition) is 2. The SMILES string of the molecule is CC(NC(C(N)=O)c1ccc(F)cc1)C1CC1. The van der Waals surface area contributed by atoms with Gasteiger partial charge in [-0.1, -0.05) is 12.1 Å². The number of nitrogens with one attached hydrogen (secondary N) is 1. The van der Waals surface area contributed by atoms with Crippen LogP contribution in [0.4, 0.5) is 4.39 Å². The van der Waals surface area contributed by atoms with Crippen LogP contribution in [0.15, 0.2) is 24.3 Å². The molecule has 0 aliphatic heterocycles. The highest BCUT2D eigenvalue weighted by atomic mass is 19.1. The van der Waals surface area contributed by atoms with Crippen molar-refractivity contribution in [2.75, 3.05) is 0 Å². The first kappa shape index (κ1) is 12.0. The third kappa shape index (κ3) is 3.03. The summed E-state index contributed by atoms with van der Waals surface area (Å²) in [5, 5.41) is 3.22. The minimum Gasteiger partial charge on any atom is -0.368 e. The summed E-state index contributed by atoms with van der Waals surface area (Å²) in [6.45, 7) is 2.05. The van der Waals surface area contributed by atoms with Crippen LogP contribution in [-0.2, 0) is 4.79 Å². The monoisotopic (exact) mass is 236 g/mol. The number of benzene rings is 1. The smallest absolute Gasteiger partial charge is 0.239 e. The highest BCUT2D eigenvalue weighted by Gasteiger charge is 2.31. The van der Waals surface area contributed by atoms with Gasteiger partial charge in [0, 0.05) is 6.04 Å². The number of hydrogen-bond donors (Lipinski definition) is 2. The average Bonchev–Trinajstić information content (AvgIpc) is 3.10. The first-order valence-corrected chi connectivity index (χ1v) is 5.89. The van der Waals surface area contributed by atoms with Gasteiger partial charge in [-0.25, -0.2) is 4.39 Å². The van der Waals surface area contributed by atoms with E-state index in [4.69, 9.17) is 5.73 Å². The molecule has 0 saturated heterocycles. The number of primary amides is 1. The molecule has 3 nitrogen and oxygen atoms in total. The van der Waals surface area contributed by atoms with Crippen LogP contribution in [0.1, 0.15) is 31.4 Å². The molecule has 0 radical (unpaired) electrons. The minimum atomic E-state index is -0.536. The maximum absolute atomic E-state index is 12.8. The molecule has 0 heterocycles. The Morgan fingerprint density at radius 1 is 1.41 bits per heavy atom. The lowest BCUT2D eigenvalue weighted by molar-refractivity contribution is -0.120. The van der Waals surface area contributed by atoms with Crippen molar-refractivity contribution >= 4 is 5.91 Å². The van der Waals surface area contributed by atoms with Crippen LogP contribution in [-0.4, -0.2) is 11.9 Å². The lowest BCUT2D eigenvalue weighted by atomic mass is 10.0. The molecule has 0 spiro atoms. The summed E-state index contributed by atoms with van der Waals surface area (Å²) in [6.07, 6.45) is 2.39. The summed E-state index contributed by atoms with van der Waals surface area (Å²) >= 11 is 0. The molecule has 4 heteroatoms. The Bertz CT molecular complexity index is 400. The Kier molecular flexibility index (Phi) is 3.43. The van der Waals surface area contributed by atoms with Gasteiger partial charge in [0.15, 0.2) is 0 Å². The second-order valence-corrected chi connectivity index (χ2v) is 4.68. The first-order valence-electron chi connectivity index (χ1n) is 5.89. The van der Waals surface area contributed by atoms with Gasteiger partial charge in [-0.15, -0.1) is 0 Å². The Morgan fingerprint density at radius 2 is 2.00 bits per heavy atom. The number of nitrogens with two attached hydrogens (primary N) is 1. The van der Waals surface area contributed by atoms with Gasteiger partial charge in [0.05, 0.1) is 0 Å². The Balaban J connectivity index is 2.10. The molecule has 92 valence electrons. The molecule has 3 N–H and O–H groups in total. The van der Waals surface area contributed by atoms with E-state index in [9.17, 15) is 9.18 Å². The van der Waals surface area contributed by atoms with E-state index < -0.39 is 11.9 Å². The van der Waals surface area contributed by atoms with Crippen LogP contribution in [0.5, 0.6) is 0 Å². The molecule has 17 heavy (non-hydrogen) atoms. The molecule has 1 saturated carbocycles. The summed E-state index contributed by atoms with van der Waals surface area (Å²) in [5.41, 5.74) is 6.09. The van der Waals surface area contributed by atoms with E-state index in [1.54, 1.807) is 12.1 Å². The van der Waals surface area contributed by atoms with Gasteiger partial charge >= 0.3 is 0 Å². The van der Waals surface area contributed by atoms with Crippen molar-refractivity contribution in [2.45, 2.75) is 31.8 Å². The van der Waals surface area contributed by atoms with Crippen molar-refractivity contribution in [3.63, 3.8) is 0 Å². The molecule has 1 amide bonds. The maximum atomic E-state index is 12.8. The number of halogens is 1. The van der Waals surface area contributed by atoms with Crippen LogP contribution in [0.2, 0.25) is 0 Å². The van der Waals surface area contributed by atoms with Crippen LogP contribution in [0, 0.1) is 11.7 Å². The van der Waals surface area contributed by atoms with Gasteiger partial charge in [-0.2, -0.15) is 0 Å². The van der Waals surface area contributed by atoms with Crippen molar-refractivity contribution in [3.8, 4) is 0 Å². The number of amides is 1. The highest BCUT2D eigenvalue weighted by molar-refractivity contribution is 5.81. The van der Waals surface area contributed by atoms with E-state index in [0.29, 0.717) is 11.5 Å². The van der Waals surface area contributed by atoms with Gasteiger partial charge < -0.3 is 5.73 Å². The van der Waals surface area contributed by atoms with Gasteiger partial charge in [0.25, 0.3) is 0 Å². The summed E-state index contributed by atoms with van der Waals surface area (Å²) < 4.78 is 12.8. The molecule has 1 fully saturated rings. The lowest BCUT2D eigenvalue weighted by Crippen LogP contribution is -2.39. The first-order chi connectivity index (χ1) is 8.08. The highest BCUT2D eigenvalue weighted by Crippen LogP contribution is 2.33. The fourth-order valence-corrected chi connectivity index (χ4v) is 1.99. The molecule has 1 aliphatic carbocycles. The second-order valence-electron chi connectivity index (χ2n) is 4.68. The largest absolute Gasteiger partial charge is 0.368 e. The third-order valence-electron chi connectivity index (χ3n) is 3.25. The molecular formula is C13H17FN2O. The van der Waals surface area contributed by atoms with E-state index >= 15 is 0 Å². The molecule has 0 bridgehead atoms. The molecule has 2 unspecified atom stereocenters. The molecule has 1 aliphatic rings. The van der Waals surface area contributed by atoms with E-state index in [2.05, 4.69) is 12.2 Å². The lowest BCUT2D eigenvalue weighted by Gasteiger charge is -2.21. The minimum absolute atomic E-state index is 0.262. The number of rotatable bonds is 5. The standard InChI is InChI=1S/C13H17FN2O/c1-8(9-2-3-9)16-12(13(15)17)10-4-6-11(14)7-5-10/h4-9,12,16H,2-3H2,1H3,(H2,15,17). The second kappa shape index (κ2) is 4.84. The van der Waals surface area contributed by atoms with Crippen molar-refractivity contribution in [3.05, 3.63) is 35.6 Å². The Labute approximate surface area is 100 Å². The molecule has 2 rings (SSSR count). The van der Waals surface area contributed by atoms with Crippen molar-refractivity contribution in [1.29, 1.82) is 0 Å².